The van der Waals surface area contributed by atoms with Gasteiger partial charge in [0.1, 0.15) is 17.8 Å². The van der Waals surface area contributed by atoms with Crippen LogP contribution >= 0.6 is 11.5 Å². The molecule has 0 saturated carbocycles. The third kappa shape index (κ3) is 4.77. The smallest absolute Gasteiger partial charge is 0.497 e. The molecule has 0 amide bonds. The summed E-state index contributed by atoms with van der Waals surface area (Å²) in [5.74, 6) is 1.11. The number of rotatable bonds is 8. The van der Waals surface area contributed by atoms with E-state index in [0.717, 1.165) is 27.9 Å². The number of ether oxygens (including phenoxy) is 2. The Morgan fingerprint density at radius 3 is 2.38 bits per heavy atom. The SMILES string of the molecule is COc1ccc(CN(c2ncns2)S(=O)(=O)c2ccc3c(B4OC(C)(C)C(C)(C)O4)cn(C)c3c2)c(OC)c1. The average molecular weight is 571 g/mol. The van der Waals surface area contributed by atoms with Gasteiger partial charge in [0, 0.05) is 47.4 Å². The number of aromatic nitrogens is 3. The molecule has 4 aromatic rings. The van der Waals surface area contributed by atoms with Crippen molar-refractivity contribution >= 4 is 50.2 Å². The van der Waals surface area contributed by atoms with Crippen LogP contribution < -0.4 is 19.2 Å². The van der Waals surface area contributed by atoms with Crippen molar-refractivity contribution in [3.63, 3.8) is 0 Å². The average Bonchev–Trinajstić information content (AvgIpc) is 3.59. The molecule has 0 N–H and O–H groups in total. The van der Waals surface area contributed by atoms with Gasteiger partial charge in [0.05, 0.1) is 36.9 Å². The van der Waals surface area contributed by atoms with E-state index < -0.39 is 28.3 Å². The predicted molar refractivity (Wildman–Crippen MR) is 151 cm³/mol. The van der Waals surface area contributed by atoms with Crippen molar-refractivity contribution < 1.29 is 27.2 Å². The molecule has 3 heterocycles. The van der Waals surface area contributed by atoms with Crippen molar-refractivity contribution in [2.45, 2.75) is 50.3 Å². The number of sulfonamides is 1. The number of hydrogen-bond acceptors (Lipinski definition) is 9. The van der Waals surface area contributed by atoms with E-state index in [4.69, 9.17) is 18.8 Å². The zero-order valence-electron chi connectivity index (χ0n) is 23.0. The summed E-state index contributed by atoms with van der Waals surface area (Å²) in [6.45, 7) is 8.01. The van der Waals surface area contributed by atoms with Gasteiger partial charge >= 0.3 is 7.12 Å². The van der Waals surface area contributed by atoms with Crippen molar-refractivity contribution in [1.29, 1.82) is 0 Å². The predicted octanol–water partition coefficient (Wildman–Crippen LogP) is 3.74. The summed E-state index contributed by atoms with van der Waals surface area (Å²) in [4.78, 5) is 4.33. The molecule has 1 aliphatic rings. The van der Waals surface area contributed by atoms with E-state index in [1.807, 2.05) is 45.5 Å². The summed E-state index contributed by atoms with van der Waals surface area (Å²) < 4.78 is 58.7. The summed E-state index contributed by atoms with van der Waals surface area (Å²) in [6, 6.07) is 10.3. The molecule has 206 valence electrons. The molecule has 5 rings (SSSR count). The van der Waals surface area contributed by atoms with Crippen LogP contribution in [0.2, 0.25) is 0 Å². The van der Waals surface area contributed by atoms with Crippen molar-refractivity contribution in [3.8, 4) is 11.5 Å². The Bertz CT molecular complexity index is 1600. The summed E-state index contributed by atoms with van der Waals surface area (Å²) in [6.07, 6.45) is 3.26. The van der Waals surface area contributed by atoms with E-state index in [1.54, 1.807) is 43.5 Å². The molecule has 2 aromatic carbocycles. The van der Waals surface area contributed by atoms with Gasteiger partial charge in [-0.05, 0) is 57.3 Å². The molecule has 10 nitrogen and oxygen atoms in total. The molecule has 0 atom stereocenters. The Morgan fingerprint density at radius 2 is 1.77 bits per heavy atom. The maximum absolute atomic E-state index is 14.1. The lowest BCUT2D eigenvalue weighted by Gasteiger charge is -2.32. The van der Waals surface area contributed by atoms with Crippen molar-refractivity contribution in [3.05, 3.63) is 54.5 Å². The number of hydrogen-bond donors (Lipinski definition) is 0. The summed E-state index contributed by atoms with van der Waals surface area (Å²) in [5.41, 5.74) is 1.25. The van der Waals surface area contributed by atoms with Crippen molar-refractivity contribution in [1.82, 2.24) is 13.9 Å². The minimum absolute atomic E-state index is 0.00492. The van der Waals surface area contributed by atoms with Crippen LogP contribution in [0.1, 0.15) is 33.3 Å². The van der Waals surface area contributed by atoms with Gasteiger partial charge in [-0.3, -0.25) is 0 Å². The Labute approximate surface area is 232 Å². The second kappa shape index (κ2) is 9.81. The first kappa shape index (κ1) is 27.4. The lowest BCUT2D eigenvalue weighted by molar-refractivity contribution is 0.00578. The Hall–Kier alpha value is -3.13. The fourth-order valence-electron chi connectivity index (χ4n) is 4.51. The van der Waals surface area contributed by atoms with Crippen LogP contribution in [-0.2, 0) is 32.9 Å². The normalized spacial score (nSPS) is 16.5. The zero-order chi connectivity index (χ0) is 28.2. The molecule has 0 unspecified atom stereocenters. The van der Waals surface area contributed by atoms with E-state index in [1.165, 1.54) is 17.7 Å². The third-order valence-corrected chi connectivity index (χ3v) is 10.00. The lowest BCUT2D eigenvalue weighted by atomic mass is 9.79. The second-order valence-electron chi connectivity index (χ2n) is 10.4. The number of methoxy groups -OCH3 is 2. The third-order valence-electron chi connectivity index (χ3n) is 7.46. The van der Waals surface area contributed by atoms with Gasteiger partial charge in [-0.2, -0.15) is 4.37 Å². The molecule has 0 spiro atoms. The first-order chi connectivity index (χ1) is 18.4. The van der Waals surface area contributed by atoms with Gasteiger partial charge in [-0.1, -0.05) is 6.07 Å². The van der Waals surface area contributed by atoms with E-state index in [0.29, 0.717) is 17.1 Å². The molecule has 2 aromatic heterocycles. The van der Waals surface area contributed by atoms with E-state index in [2.05, 4.69) is 9.36 Å². The molecule has 0 bridgehead atoms. The monoisotopic (exact) mass is 570 g/mol. The van der Waals surface area contributed by atoms with Crippen LogP contribution in [0.15, 0.2) is 53.8 Å². The number of fused-ring (bicyclic) bond motifs is 1. The maximum Gasteiger partial charge on any atom is 0.497 e. The fraction of sp³-hybridized carbons (Fsp3) is 0.385. The molecule has 1 fully saturated rings. The van der Waals surface area contributed by atoms with E-state index >= 15 is 0 Å². The molecular formula is C26H31BN4O6S2. The highest BCUT2D eigenvalue weighted by atomic mass is 32.2. The lowest BCUT2D eigenvalue weighted by Crippen LogP contribution is -2.41. The second-order valence-corrected chi connectivity index (χ2v) is 13.0. The van der Waals surface area contributed by atoms with Crippen LogP contribution in [-0.4, -0.2) is 54.9 Å². The van der Waals surface area contributed by atoms with Gasteiger partial charge in [0.25, 0.3) is 10.0 Å². The van der Waals surface area contributed by atoms with E-state index in [9.17, 15) is 8.42 Å². The van der Waals surface area contributed by atoms with Gasteiger partial charge < -0.3 is 23.3 Å². The highest BCUT2D eigenvalue weighted by Gasteiger charge is 2.52. The van der Waals surface area contributed by atoms with Gasteiger partial charge in [0.2, 0.25) is 5.13 Å². The molecule has 39 heavy (non-hydrogen) atoms. The minimum Gasteiger partial charge on any atom is -0.497 e. The number of benzene rings is 2. The Morgan fingerprint density at radius 1 is 1.05 bits per heavy atom. The molecule has 0 radical (unpaired) electrons. The maximum atomic E-state index is 14.1. The van der Waals surface area contributed by atoms with E-state index in [-0.39, 0.29) is 16.6 Å². The van der Waals surface area contributed by atoms with Crippen LogP contribution in [0.3, 0.4) is 0 Å². The van der Waals surface area contributed by atoms with Crippen LogP contribution in [0, 0.1) is 0 Å². The molecular weight excluding hydrogens is 539 g/mol. The standard InChI is InChI=1S/C26H31BN4O6S2/c1-25(2)26(3,4)37-27(36-25)21-15-30(5)22-13-19(10-11-20(21)22)39(32,33)31(24-28-16-29-38-24)14-17-8-9-18(34-6)12-23(17)35-7/h8-13,15-16H,14H2,1-7H3. The summed E-state index contributed by atoms with van der Waals surface area (Å²) in [7, 11) is 0.356. The van der Waals surface area contributed by atoms with Gasteiger partial charge in [-0.25, -0.2) is 17.7 Å². The highest BCUT2D eigenvalue weighted by molar-refractivity contribution is 7.93. The molecule has 1 saturated heterocycles. The summed E-state index contributed by atoms with van der Waals surface area (Å²) >= 11 is 1.00. The zero-order valence-corrected chi connectivity index (χ0v) is 24.6. The minimum atomic E-state index is -4.04. The van der Waals surface area contributed by atoms with Crippen molar-refractivity contribution in [2.24, 2.45) is 7.05 Å². The van der Waals surface area contributed by atoms with Gasteiger partial charge in [-0.15, -0.1) is 0 Å². The topological polar surface area (TPSA) is 105 Å². The largest absolute Gasteiger partial charge is 0.497 e. The van der Waals surface area contributed by atoms with Crippen LogP contribution in [0.5, 0.6) is 11.5 Å². The van der Waals surface area contributed by atoms with Gasteiger partial charge in [0.15, 0.2) is 0 Å². The van der Waals surface area contributed by atoms with Crippen molar-refractivity contribution in [2.75, 3.05) is 18.5 Å². The first-order valence-corrected chi connectivity index (χ1v) is 14.5. The van der Waals surface area contributed by atoms with Crippen LogP contribution in [0.25, 0.3) is 10.9 Å². The Kier molecular flexibility index (Phi) is 6.90. The quantitative estimate of drug-likeness (QED) is 0.295. The fourth-order valence-corrected chi connectivity index (χ4v) is 6.66. The highest BCUT2D eigenvalue weighted by Crippen LogP contribution is 2.38. The Balaban J connectivity index is 1.55. The molecule has 13 heteroatoms. The molecule has 1 aliphatic heterocycles. The molecule has 0 aliphatic carbocycles. The number of nitrogens with zero attached hydrogens (tertiary/aromatic N) is 4. The van der Waals surface area contributed by atoms with Crippen LogP contribution in [0.4, 0.5) is 5.13 Å². The number of anilines is 1. The first-order valence-electron chi connectivity index (χ1n) is 12.3. The number of aryl methyl sites for hydroxylation is 1. The summed E-state index contributed by atoms with van der Waals surface area (Å²) in [5, 5.41) is 1.10.